The van der Waals surface area contributed by atoms with Crippen molar-refractivity contribution in [1.82, 2.24) is 15.4 Å². The molecule has 1 aromatic heterocycles. The smallest absolute Gasteiger partial charge is 0.274 e. The van der Waals surface area contributed by atoms with Gasteiger partial charge in [-0.3, -0.25) is 4.55 Å². The highest BCUT2D eigenvalue weighted by molar-refractivity contribution is 7.86. The molecule has 0 saturated carbocycles. The number of hydrazine groups is 1. The molecule has 0 amide bonds. The standard InChI is InChI=1S/C10H10N4O3S/c15-18(16,17)7-6-14-5-2-9(8-13-14)10-11-3-1-4-12-10/h1-6,8,13H,7H2/p+1. The maximum atomic E-state index is 10.6. The van der Waals surface area contributed by atoms with Gasteiger partial charge in [0.25, 0.3) is 10.1 Å². The second-order valence-corrected chi connectivity index (χ2v) is 4.95. The Morgan fingerprint density at radius 3 is 2.67 bits per heavy atom. The zero-order valence-corrected chi connectivity index (χ0v) is 10.1. The molecule has 0 aromatic carbocycles. The van der Waals surface area contributed by atoms with Crippen LogP contribution in [0.2, 0.25) is 0 Å². The molecule has 1 aromatic rings. The zero-order valence-electron chi connectivity index (χ0n) is 9.26. The first kappa shape index (κ1) is 12.4. The van der Waals surface area contributed by atoms with Gasteiger partial charge in [-0.15, -0.1) is 0 Å². The Hall–Kier alpha value is -2.06. The first-order valence-corrected chi connectivity index (χ1v) is 6.64. The molecule has 1 aliphatic rings. The molecular weight excluding hydrogens is 256 g/mol. The van der Waals surface area contributed by atoms with Crippen molar-refractivity contribution >= 4 is 21.9 Å². The van der Waals surface area contributed by atoms with Crippen LogP contribution in [-0.2, 0) is 10.1 Å². The van der Waals surface area contributed by atoms with Crippen molar-refractivity contribution in [1.29, 1.82) is 0 Å². The molecule has 0 saturated heterocycles. The van der Waals surface area contributed by atoms with Crippen molar-refractivity contribution in [3.8, 4) is 0 Å². The van der Waals surface area contributed by atoms with Gasteiger partial charge >= 0.3 is 0 Å². The van der Waals surface area contributed by atoms with Gasteiger partial charge in [-0.25, -0.2) is 9.97 Å². The van der Waals surface area contributed by atoms with E-state index in [2.05, 4.69) is 15.4 Å². The van der Waals surface area contributed by atoms with Crippen LogP contribution in [0.3, 0.4) is 0 Å². The van der Waals surface area contributed by atoms with E-state index in [-0.39, 0.29) is 0 Å². The van der Waals surface area contributed by atoms with E-state index in [0.717, 1.165) is 5.57 Å². The molecule has 2 N–H and O–H groups in total. The Bertz CT molecular complexity index is 620. The van der Waals surface area contributed by atoms with Crippen LogP contribution in [0.5, 0.6) is 0 Å². The fourth-order valence-corrected chi connectivity index (χ4v) is 1.62. The predicted molar refractivity (Wildman–Crippen MR) is 65.0 cm³/mol. The van der Waals surface area contributed by atoms with E-state index < -0.39 is 15.9 Å². The van der Waals surface area contributed by atoms with Crippen molar-refractivity contribution in [2.45, 2.75) is 0 Å². The van der Waals surface area contributed by atoms with E-state index in [4.69, 9.17) is 4.55 Å². The van der Waals surface area contributed by atoms with E-state index >= 15 is 0 Å². The Morgan fingerprint density at radius 2 is 2.11 bits per heavy atom. The molecule has 18 heavy (non-hydrogen) atoms. The molecular formula is C10H11N4O3S+. The number of nitrogens with one attached hydrogen (secondary N) is 1. The third kappa shape index (κ3) is 3.47. The molecule has 8 heteroatoms. The molecule has 1 aliphatic heterocycles. The fraction of sp³-hybridized carbons (Fsp3) is 0.100. The Labute approximate surface area is 104 Å². The zero-order chi connectivity index (χ0) is 13.0. The van der Waals surface area contributed by atoms with Gasteiger partial charge in [0.1, 0.15) is 0 Å². The Balaban J connectivity index is 2.08. The number of hydrogen-bond donors (Lipinski definition) is 2. The summed E-state index contributed by atoms with van der Waals surface area (Å²) in [6.07, 6.45) is 9.53. The number of hydrazone groups is 1. The molecule has 2 heterocycles. The van der Waals surface area contributed by atoms with Crippen molar-refractivity contribution < 1.29 is 17.7 Å². The lowest BCUT2D eigenvalue weighted by molar-refractivity contribution is -0.507. The minimum absolute atomic E-state index is 0.463. The molecule has 0 aliphatic carbocycles. The molecule has 0 radical (unpaired) electrons. The third-order valence-electron chi connectivity index (χ3n) is 2.09. The first-order chi connectivity index (χ1) is 8.54. The summed E-state index contributed by atoms with van der Waals surface area (Å²) in [4.78, 5) is 8.15. The summed E-state index contributed by atoms with van der Waals surface area (Å²) < 4.78 is 31.2. The van der Waals surface area contributed by atoms with E-state index in [0.29, 0.717) is 5.82 Å². The lowest BCUT2D eigenvalue weighted by atomic mass is 10.2. The van der Waals surface area contributed by atoms with Crippen LogP contribution < -0.4 is 5.43 Å². The van der Waals surface area contributed by atoms with Gasteiger partial charge in [0.15, 0.2) is 24.0 Å². The maximum absolute atomic E-state index is 10.6. The van der Waals surface area contributed by atoms with Crippen LogP contribution in [0.1, 0.15) is 5.82 Å². The Morgan fingerprint density at radius 1 is 1.39 bits per heavy atom. The second-order valence-electron chi connectivity index (χ2n) is 3.46. The number of nitrogens with zero attached hydrogens (tertiary/aromatic N) is 3. The number of aromatic nitrogens is 2. The highest BCUT2D eigenvalue weighted by Gasteiger charge is 2.11. The maximum Gasteiger partial charge on any atom is 0.274 e. The van der Waals surface area contributed by atoms with Crippen molar-refractivity contribution in [2.24, 2.45) is 0 Å². The summed E-state index contributed by atoms with van der Waals surface area (Å²) >= 11 is 0. The first-order valence-electron chi connectivity index (χ1n) is 5.03. The fourth-order valence-electron chi connectivity index (χ4n) is 1.27. The summed E-state index contributed by atoms with van der Waals surface area (Å²) in [5, 5.41) is 0. The van der Waals surface area contributed by atoms with Crippen LogP contribution in [0, 0.1) is 0 Å². The lowest BCUT2D eigenvalue weighted by Gasteiger charge is -2.04. The number of rotatable bonds is 3. The normalized spacial score (nSPS) is 17.4. The topological polar surface area (TPSA) is 95.2 Å². The van der Waals surface area contributed by atoms with Crippen molar-refractivity contribution in [3.05, 3.63) is 42.8 Å². The van der Waals surface area contributed by atoms with Crippen LogP contribution in [-0.4, -0.2) is 39.6 Å². The number of allylic oxidation sites excluding steroid dienone is 2. The van der Waals surface area contributed by atoms with Gasteiger partial charge in [0.05, 0.1) is 6.20 Å². The van der Waals surface area contributed by atoms with E-state index in [1.807, 2.05) is 0 Å². The van der Waals surface area contributed by atoms with E-state index in [1.54, 1.807) is 36.9 Å². The summed E-state index contributed by atoms with van der Waals surface area (Å²) in [6, 6.07) is 1.72. The minimum Gasteiger partial charge on any atom is -0.285 e. The average Bonchev–Trinajstić information content (AvgIpc) is 2.37. The molecule has 0 unspecified atom stereocenters. The molecule has 0 spiro atoms. The molecule has 2 rings (SSSR count). The highest BCUT2D eigenvalue weighted by Crippen LogP contribution is 2.10. The molecule has 7 nitrogen and oxygen atoms in total. The van der Waals surface area contributed by atoms with Crippen LogP contribution in [0.15, 0.2) is 36.9 Å². The van der Waals surface area contributed by atoms with Gasteiger partial charge in [-0.2, -0.15) is 13.8 Å². The monoisotopic (exact) mass is 267 g/mol. The highest BCUT2D eigenvalue weighted by atomic mass is 32.2. The van der Waals surface area contributed by atoms with Crippen LogP contribution in [0.4, 0.5) is 0 Å². The van der Waals surface area contributed by atoms with Crippen LogP contribution >= 0.6 is 0 Å². The van der Waals surface area contributed by atoms with E-state index in [9.17, 15) is 8.42 Å². The van der Waals surface area contributed by atoms with Crippen LogP contribution in [0.25, 0.3) is 5.57 Å². The third-order valence-corrected chi connectivity index (χ3v) is 2.66. The summed E-state index contributed by atoms with van der Waals surface area (Å²) in [5.41, 5.74) is 3.58. The summed E-state index contributed by atoms with van der Waals surface area (Å²) in [5.74, 6) is 0.102. The van der Waals surface area contributed by atoms with Gasteiger partial charge in [-0.05, 0) is 6.07 Å². The van der Waals surface area contributed by atoms with Crippen molar-refractivity contribution in [2.75, 3.05) is 5.75 Å². The largest absolute Gasteiger partial charge is 0.285 e. The Kier molecular flexibility index (Phi) is 3.49. The predicted octanol–water partition coefficient (Wildman–Crippen LogP) is -0.180. The second kappa shape index (κ2) is 5.07. The molecule has 94 valence electrons. The average molecular weight is 267 g/mol. The summed E-state index contributed by atoms with van der Waals surface area (Å²) in [7, 11) is -4.01. The molecule has 0 fully saturated rings. The van der Waals surface area contributed by atoms with Gasteiger partial charge < -0.3 is 0 Å². The van der Waals surface area contributed by atoms with Gasteiger partial charge in [0.2, 0.25) is 0 Å². The van der Waals surface area contributed by atoms with E-state index in [1.165, 1.54) is 10.9 Å². The van der Waals surface area contributed by atoms with Gasteiger partial charge in [-0.1, -0.05) is 4.68 Å². The lowest BCUT2D eigenvalue weighted by Crippen LogP contribution is -2.25. The summed E-state index contributed by atoms with van der Waals surface area (Å²) in [6.45, 7) is 0. The molecule has 0 atom stereocenters. The number of hydrogen-bond acceptors (Lipinski definition) is 5. The SMILES string of the molecule is O=S(=O)(O)CC=[N+]1C=CC(c2ncccn2)=CN1. The van der Waals surface area contributed by atoms with Crippen molar-refractivity contribution in [3.63, 3.8) is 0 Å². The minimum atomic E-state index is -4.01. The van der Waals surface area contributed by atoms with Gasteiger partial charge in [0, 0.05) is 24.0 Å². The molecule has 0 bridgehead atoms. The quantitative estimate of drug-likeness (QED) is 0.582.